The number of sulfonamides is 1. The fourth-order valence-electron chi connectivity index (χ4n) is 1.51. The summed E-state index contributed by atoms with van der Waals surface area (Å²) in [5.41, 5.74) is -0.408. The molecule has 0 bridgehead atoms. The van der Waals surface area contributed by atoms with Gasteiger partial charge in [-0.15, -0.1) is 0 Å². The van der Waals surface area contributed by atoms with Crippen molar-refractivity contribution in [1.29, 1.82) is 0 Å². The summed E-state index contributed by atoms with van der Waals surface area (Å²) >= 11 is 0. The summed E-state index contributed by atoms with van der Waals surface area (Å²) in [6.07, 6.45) is -0.856. The summed E-state index contributed by atoms with van der Waals surface area (Å²) in [7, 11) is -2.73. The minimum absolute atomic E-state index is 0.133. The molecule has 1 heterocycles. The van der Waals surface area contributed by atoms with E-state index in [0.717, 1.165) is 4.31 Å². The molecule has 0 aliphatic carbocycles. The van der Waals surface area contributed by atoms with E-state index in [4.69, 9.17) is 5.11 Å². The highest BCUT2D eigenvalue weighted by molar-refractivity contribution is 7.89. The van der Waals surface area contributed by atoms with Crippen LogP contribution in [0.4, 0.5) is 0 Å². The molecule has 0 aromatic carbocycles. The summed E-state index contributed by atoms with van der Waals surface area (Å²) < 4.78 is 25.2. The van der Waals surface area contributed by atoms with Gasteiger partial charge in [0.25, 0.3) is 0 Å². The molecule has 0 saturated heterocycles. The molecule has 0 radical (unpaired) electrons. The van der Waals surface area contributed by atoms with Crippen LogP contribution in [-0.2, 0) is 10.0 Å². The zero-order valence-electron chi connectivity index (χ0n) is 10.2. The van der Waals surface area contributed by atoms with Gasteiger partial charge in [0.1, 0.15) is 4.90 Å². The number of likely N-dealkylation sites (N-methyl/N-ethyl adjacent to an activating group) is 1. The minimum atomic E-state index is -4.00. The lowest BCUT2D eigenvalue weighted by Gasteiger charge is -2.18. The summed E-state index contributed by atoms with van der Waals surface area (Å²) in [6.45, 7) is 2.72. The Morgan fingerprint density at radius 3 is 2.56 bits per heavy atom. The molecule has 1 aromatic rings. The predicted molar refractivity (Wildman–Crippen MR) is 61.8 cm³/mol. The molecule has 0 saturated carbocycles. The minimum Gasteiger partial charge on any atom is -0.476 e. The topological polar surface area (TPSA) is 124 Å². The summed E-state index contributed by atoms with van der Waals surface area (Å²) in [5.74, 6) is -1.43. The smallest absolute Gasteiger partial charge is 0.357 e. The van der Waals surface area contributed by atoms with Crippen molar-refractivity contribution < 1.29 is 23.4 Å². The van der Waals surface area contributed by atoms with Gasteiger partial charge < -0.3 is 10.2 Å². The van der Waals surface area contributed by atoms with Crippen LogP contribution < -0.4 is 0 Å². The van der Waals surface area contributed by atoms with E-state index in [9.17, 15) is 18.3 Å². The number of rotatable bonds is 5. The van der Waals surface area contributed by atoms with Gasteiger partial charge in [0.05, 0.1) is 11.8 Å². The number of carboxylic acid groups (broad SMARTS) is 1. The van der Waals surface area contributed by atoms with Crippen LogP contribution in [0.15, 0.2) is 4.90 Å². The molecule has 9 heteroatoms. The molecular formula is C9H15N3O5S. The van der Waals surface area contributed by atoms with Crippen molar-refractivity contribution in [3.63, 3.8) is 0 Å². The van der Waals surface area contributed by atoms with Crippen LogP contribution >= 0.6 is 0 Å². The van der Waals surface area contributed by atoms with Gasteiger partial charge in [0, 0.05) is 13.6 Å². The number of aryl methyl sites for hydroxylation is 1. The molecule has 1 aromatic heterocycles. The maximum Gasteiger partial charge on any atom is 0.357 e. The number of H-pyrrole nitrogens is 1. The molecule has 102 valence electrons. The molecule has 0 aliphatic rings. The maximum absolute atomic E-state index is 12.2. The SMILES string of the molecule is Cc1[nH]nc(C(=O)O)c1S(=O)(=O)N(C)CC(C)O. The Bertz CT molecular complexity index is 549. The first-order chi connectivity index (χ1) is 8.17. The average molecular weight is 277 g/mol. The lowest BCUT2D eigenvalue weighted by Crippen LogP contribution is -2.34. The van der Waals surface area contributed by atoms with Gasteiger partial charge in [-0.25, -0.2) is 13.2 Å². The Labute approximate surface area is 104 Å². The quantitative estimate of drug-likeness (QED) is 0.661. The highest BCUT2D eigenvalue weighted by Gasteiger charge is 2.31. The van der Waals surface area contributed by atoms with Gasteiger partial charge in [-0.1, -0.05) is 0 Å². The number of nitrogens with zero attached hydrogens (tertiary/aromatic N) is 2. The molecule has 0 amide bonds. The van der Waals surface area contributed by atoms with Crippen molar-refractivity contribution in [3.8, 4) is 0 Å². The molecule has 1 atom stereocenters. The maximum atomic E-state index is 12.2. The first-order valence-electron chi connectivity index (χ1n) is 5.10. The van der Waals surface area contributed by atoms with Gasteiger partial charge in [-0.2, -0.15) is 9.40 Å². The first kappa shape index (κ1) is 14.6. The van der Waals surface area contributed by atoms with Crippen molar-refractivity contribution in [3.05, 3.63) is 11.4 Å². The third kappa shape index (κ3) is 2.68. The van der Waals surface area contributed by atoms with E-state index in [1.54, 1.807) is 0 Å². The summed E-state index contributed by atoms with van der Waals surface area (Å²) in [5, 5.41) is 23.9. The fourth-order valence-corrected chi connectivity index (χ4v) is 3.04. The first-order valence-corrected chi connectivity index (χ1v) is 6.54. The summed E-state index contributed by atoms with van der Waals surface area (Å²) in [4.78, 5) is 10.5. The Morgan fingerprint density at radius 1 is 1.56 bits per heavy atom. The molecule has 0 fully saturated rings. The fraction of sp³-hybridized carbons (Fsp3) is 0.556. The number of aromatic amines is 1. The number of hydrogen-bond acceptors (Lipinski definition) is 5. The molecule has 0 aliphatic heterocycles. The molecule has 1 unspecified atom stereocenters. The molecular weight excluding hydrogens is 262 g/mol. The number of nitrogens with one attached hydrogen (secondary N) is 1. The van der Waals surface area contributed by atoms with E-state index < -0.39 is 27.8 Å². The highest BCUT2D eigenvalue weighted by atomic mass is 32.2. The summed E-state index contributed by atoms with van der Waals surface area (Å²) in [6, 6.07) is 0. The van der Waals surface area contributed by atoms with Crippen molar-refractivity contribution in [2.75, 3.05) is 13.6 Å². The third-order valence-corrected chi connectivity index (χ3v) is 4.27. The number of hydrogen-bond donors (Lipinski definition) is 3. The molecule has 1 rings (SSSR count). The Balaban J connectivity index is 3.28. The van der Waals surface area contributed by atoms with Crippen molar-refractivity contribution in [2.45, 2.75) is 24.8 Å². The van der Waals surface area contributed by atoms with Crippen molar-refractivity contribution >= 4 is 16.0 Å². The van der Waals surface area contributed by atoms with E-state index in [1.165, 1.54) is 20.9 Å². The van der Waals surface area contributed by atoms with Crippen molar-refractivity contribution in [2.24, 2.45) is 0 Å². The number of carbonyl (C=O) groups is 1. The second-order valence-corrected chi connectivity index (χ2v) is 5.95. The third-order valence-electron chi connectivity index (χ3n) is 2.28. The number of aliphatic hydroxyl groups is 1. The molecule has 8 nitrogen and oxygen atoms in total. The van der Waals surface area contributed by atoms with Gasteiger partial charge in [-0.05, 0) is 13.8 Å². The average Bonchev–Trinajstić information content (AvgIpc) is 2.59. The Hall–Kier alpha value is -1.45. The van der Waals surface area contributed by atoms with Crippen LogP contribution in [0.25, 0.3) is 0 Å². The highest BCUT2D eigenvalue weighted by Crippen LogP contribution is 2.21. The monoisotopic (exact) mass is 277 g/mol. The lowest BCUT2D eigenvalue weighted by atomic mass is 10.4. The van der Waals surface area contributed by atoms with E-state index in [0.29, 0.717) is 0 Å². The number of aliphatic hydroxyl groups excluding tert-OH is 1. The van der Waals surface area contributed by atoms with Crippen LogP contribution in [0.5, 0.6) is 0 Å². The molecule has 3 N–H and O–H groups in total. The Morgan fingerprint density at radius 2 is 2.11 bits per heavy atom. The lowest BCUT2D eigenvalue weighted by molar-refractivity contribution is 0.0686. The zero-order chi connectivity index (χ0) is 14.1. The van der Waals surface area contributed by atoms with Crippen LogP contribution in [0.1, 0.15) is 23.1 Å². The number of carboxylic acids is 1. The zero-order valence-corrected chi connectivity index (χ0v) is 11.0. The van der Waals surface area contributed by atoms with Gasteiger partial charge in [0.15, 0.2) is 5.69 Å². The van der Waals surface area contributed by atoms with Crippen molar-refractivity contribution in [1.82, 2.24) is 14.5 Å². The number of aromatic nitrogens is 2. The van der Waals surface area contributed by atoms with E-state index >= 15 is 0 Å². The van der Waals surface area contributed by atoms with Gasteiger partial charge in [0.2, 0.25) is 10.0 Å². The standard InChI is InChI=1S/C9H15N3O5S/c1-5(13)4-12(3)18(16,17)8-6(2)10-11-7(8)9(14)15/h5,13H,4H2,1-3H3,(H,10,11)(H,14,15). The van der Waals surface area contributed by atoms with Crippen LogP contribution in [0.2, 0.25) is 0 Å². The molecule has 0 spiro atoms. The second kappa shape index (κ2) is 5.04. The predicted octanol–water partition coefficient (Wildman–Crippen LogP) is -0.582. The van der Waals surface area contributed by atoms with Gasteiger partial charge in [-0.3, -0.25) is 5.10 Å². The van der Waals surface area contributed by atoms with Crippen LogP contribution in [0, 0.1) is 6.92 Å². The van der Waals surface area contributed by atoms with Crippen LogP contribution in [-0.4, -0.2) is 58.8 Å². The number of aromatic carboxylic acids is 1. The van der Waals surface area contributed by atoms with E-state index in [1.807, 2.05) is 0 Å². The Kier molecular flexibility index (Phi) is 4.09. The van der Waals surface area contributed by atoms with E-state index in [-0.39, 0.29) is 17.1 Å². The second-order valence-electron chi connectivity index (χ2n) is 3.97. The van der Waals surface area contributed by atoms with Gasteiger partial charge >= 0.3 is 5.97 Å². The largest absolute Gasteiger partial charge is 0.476 e. The molecule has 18 heavy (non-hydrogen) atoms. The van der Waals surface area contributed by atoms with Crippen LogP contribution in [0.3, 0.4) is 0 Å². The normalized spacial score (nSPS) is 13.8. The van der Waals surface area contributed by atoms with E-state index in [2.05, 4.69) is 10.2 Å².